The highest BCUT2D eigenvalue weighted by Crippen LogP contribution is 2.41. The second kappa shape index (κ2) is 9.95. The zero-order valence-electron chi connectivity index (χ0n) is 21.4. The van der Waals surface area contributed by atoms with Gasteiger partial charge in [0.1, 0.15) is 30.4 Å². The van der Waals surface area contributed by atoms with Gasteiger partial charge in [-0.05, 0) is 74.4 Å². The zero-order valence-corrected chi connectivity index (χ0v) is 21.4. The van der Waals surface area contributed by atoms with Crippen LogP contribution < -0.4 is 9.47 Å². The number of aromatic nitrogens is 1. The Morgan fingerprint density at radius 2 is 1.84 bits per heavy atom. The van der Waals surface area contributed by atoms with Crippen molar-refractivity contribution in [1.29, 1.82) is 0 Å². The minimum absolute atomic E-state index is 0.0689. The maximum absolute atomic E-state index is 13.4. The van der Waals surface area contributed by atoms with Crippen LogP contribution in [0, 0.1) is 0 Å². The van der Waals surface area contributed by atoms with Gasteiger partial charge in [-0.25, -0.2) is 4.79 Å². The minimum Gasteiger partial charge on any atom is -0.491 e. The van der Waals surface area contributed by atoms with Crippen molar-refractivity contribution >= 4 is 39.3 Å². The van der Waals surface area contributed by atoms with E-state index >= 15 is 0 Å². The summed E-state index contributed by atoms with van der Waals surface area (Å²) in [6.07, 6.45) is 2.23. The molecule has 8 heteroatoms. The highest BCUT2D eigenvalue weighted by Gasteiger charge is 2.26. The van der Waals surface area contributed by atoms with Crippen molar-refractivity contribution in [2.45, 2.75) is 39.3 Å². The molecule has 2 aliphatic rings. The Labute approximate surface area is 219 Å². The van der Waals surface area contributed by atoms with Crippen LogP contribution in [-0.2, 0) is 20.9 Å². The predicted molar refractivity (Wildman–Crippen MR) is 143 cm³/mol. The summed E-state index contributed by atoms with van der Waals surface area (Å²) in [7, 11) is 0. The first-order valence-electron chi connectivity index (χ1n) is 12.9. The van der Waals surface area contributed by atoms with Crippen LogP contribution in [0.25, 0.3) is 21.8 Å². The second-order valence-corrected chi connectivity index (χ2v) is 9.52. The molecular formula is C30H28N2O6. The minimum atomic E-state index is -0.486. The van der Waals surface area contributed by atoms with Gasteiger partial charge in [0.25, 0.3) is 0 Å². The molecule has 0 aliphatic carbocycles. The van der Waals surface area contributed by atoms with E-state index in [-0.39, 0.29) is 18.5 Å². The van der Waals surface area contributed by atoms with Gasteiger partial charge in [-0.3, -0.25) is 4.79 Å². The molecule has 194 valence electrons. The Kier molecular flexibility index (Phi) is 6.33. The maximum atomic E-state index is 13.4. The third-order valence-electron chi connectivity index (χ3n) is 7.09. The molecule has 4 aromatic rings. The monoisotopic (exact) mass is 512 g/mol. The van der Waals surface area contributed by atoms with E-state index in [1.807, 2.05) is 42.5 Å². The summed E-state index contributed by atoms with van der Waals surface area (Å²) in [5.41, 5.74) is 4.54. The average Bonchev–Trinajstić information content (AvgIpc) is 3.67. The van der Waals surface area contributed by atoms with Crippen LogP contribution in [0.5, 0.6) is 11.5 Å². The van der Waals surface area contributed by atoms with Crippen molar-refractivity contribution in [3.05, 3.63) is 71.3 Å². The molecule has 1 fully saturated rings. The number of rotatable bonds is 7. The Bertz CT molecular complexity index is 1580. The summed E-state index contributed by atoms with van der Waals surface area (Å²) in [5.74, 6) is 0.848. The number of carbonyl (C=O) groups excluding carboxylic acids is 2. The van der Waals surface area contributed by atoms with Gasteiger partial charge in [0, 0.05) is 47.7 Å². The molecule has 0 radical (unpaired) electrons. The second-order valence-electron chi connectivity index (χ2n) is 9.52. The zero-order chi connectivity index (χ0) is 26.2. The van der Waals surface area contributed by atoms with E-state index in [1.165, 1.54) is 6.92 Å². The summed E-state index contributed by atoms with van der Waals surface area (Å²) in [4.78, 5) is 29.6. The smallest absolute Gasteiger partial charge is 0.331 e. The molecule has 1 atom stereocenters. The SMILES string of the molecule is CCn1c2ccc(C(=O)c3ccc(OCC4CCCO4)cc3)cc2c2c3c(ccc21)/C(=N/OC(C)=O)CO3. The van der Waals surface area contributed by atoms with Crippen LogP contribution in [0.15, 0.2) is 59.8 Å². The quantitative estimate of drug-likeness (QED) is 0.191. The van der Waals surface area contributed by atoms with Crippen LogP contribution in [0.4, 0.5) is 0 Å². The Morgan fingerprint density at radius 3 is 2.58 bits per heavy atom. The molecule has 0 bridgehead atoms. The van der Waals surface area contributed by atoms with E-state index in [1.54, 1.807) is 12.1 Å². The van der Waals surface area contributed by atoms with E-state index in [0.29, 0.717) is 29.2 Å². The lowest BCUT2D eigenvalue weighted by molar-refractivity contribution is -0.140. The number of nitrogens with zero attached hydrogens (tertiary/aromatic N) is 2. The Morgan fingerprint density at radius 1 is 1.05 bits per heavy atom. The summed E-state index contributed by atoms with van der Waals surface area (Å²) in [5, 5.41) is 5.81. The fourth-order valence-corrected chi connectivity index (χ4v) is 5.27. The molecule has 1 saturated heterocycles. The van der Waals surface area contributed by atoms with Gasteiger partial charge < -0.3 is 23.6 Å². The molecule has 0 saturated carbocycles. The van der Waals surface area contributed by atoms with Crippen molar-refractivity contribution in [3.8, 4) is 11.5 Å². The maximum Gasteiger partial charge on any atom is 0.331 e. The molecule has 2 aliphatic heterocycles. The molecule has 3 heterocycles. The van der Waals surface area contributed by atoms with Crippen LogP contribution in [0.3, 0.4) is 0 Å². The number of fused-ring (bicyclic) bond motifs is 5. The first-order valence-corrected chi connectivity index (χ1v) is 12.9. The van der Waals surface area contributed by atoms with Gasteiger partial charge in [0.2, 0.25) is 0 Å². The van der Waals surface area contributed by atoms with Gasteiger partial charge in [0.15, 0.2) is 5.78 Å². The highest BCUT2D eigenvalue weighted by atomic mass is 16.7. The molecule has 0 N–H and O–H groups in total. The first kappa shape index (κ1) is 24.2. The summed E-state index contributed by atoms with van der Waals surface area (Å²) >= 11 is 0. The highest BCUT2D eigenvalue weighted by molar-refractivity contribution is 6.20. The molecular weight excluding hydrogens is 484 g/mol. The van der Waals surface area contributed by atoms with Crippen LogP contribution in [0.1, 0.15) is 48.2 Å². The van der Waals surface area contributed by atoms with E-state index in [0.717, 1.165) is 59.1 Å². The molecule has 0 amide bonds. The normalized spacial score (nSPS) is 17.6. The molecule has 1 unspecified atom stereocenters. The van der Waals surface area contributed by atoms with Gasteiger partial charge >= 0.3 is 5.97 Å². The molecule has 1 aromatic heterocycles. The third-order valence-corrected chi connectivity index (χ3v) is 7.09. The van der Waals surface area contributed by atoms with Crippen molar-refractivity contribution in [3.63, 3.8) is 0 Å². The predicted octanol–water partition coefficient (Wildman–Crippen LogP) is 5.26. The Balaban J connectivity index is 1.34. The number of hydrogen-bond acceptors (Lipinski definition) is 7. The lowest BCUT2D eigenvalue weighted by atomic mass is 10.00. The fraction of sp³-hybridized carbons (Fsp3) is 0.300. The lowest BCUT2D eigenvalue weighted by Gasteiger charge is -2.11. The molecule has 3 aromatic carbocycles. The van der Waals surface area contributed by atoms with Gasteiger partial charge in [0.05, 0.1) is 17.0 Å². The van der Waals surface area contributed by atoms with E-state index in [2.05, 4.69) is 16.6 Å². The number of hydrogen-bond donors (Lipinski definition) is 0. The van der Waals surface area contributed by atoms with Crippen LogP contribution >= 0.6 is 0 Å². The lowest BCUT2D eigenvalue weighted by Crippen LogP contribution is -2.16. The summed E-state index contributed by atoms with van der Waals surface area (Å²) in [6, 6.07) is 17.0. The van der Waals surface area contributed by atoms with Gasteiger partial charge in [-0.1, -0.05) is 5.16 Å². The van der Waals surface area contributed by atoms with E-state index in [4.69, 9.17) is 19.0 Å². The average molecular weight is 513 g/mol. The summed E-state index contributed by atoms with van der Waals surface area (Å²) < 4.78 is 19.7. The van der Waals surface area contributed by atoms with Gasteiger partial charge in [-0.2, -0.15) is 0 Å². The van der Waals surface area contributed by atoms with Crippen LogP contribution in [0.2, 0.25) is 0 Å². The number of ketones is 1. The number of carbonyl (C=O) groups is 2. The fourth-order valence-electron chi connectivity index (χ4n) is 5.27. The largest absolute Gasteiger partial charge is 0.491 e. The van der Waals surface area contributed by atoms with Gasteiger partial charge in [-0.15, -0.1) is 0 Å². The molecule has 0 spiro atoms. The van der Waals surface area contributed by atoms with Crippen molar-refractivity contribution in [1.82, 2.24) is 4.57 Å². The number of oxime groups is 1. The standard InChI is InChI=1S/C30H28N2O6/c1-3-32-26-12-8-20(29(34)19-6-9-21(10-7-19)36-16-22-5-4-14-35-22)15-24(26)28-27(32)13-11-23-25(17-37-30(23)28)31-38-18(2)33/h6-13,15,22H,3-5,14,16-17H2,1-2H3/b31-25+. The van der Waals surface area contributed by atoms with E-state index < -0.39 is 5.97 Å². The van der Waals surface area contributed by atoms with Crippen molar-refractivity contribution in [2.24, 2.45) is 5.16 Å². The Hall–Kier alpha value is -4.17. The summed E-state index contributed by atoms with van der Waals surface area (Å²) in [6.45, 7) is 5.67. The number of ether oxygens (including phenoxy) is 3. The number of benzene rings is 3. The molecule has 38 heavy (non-hydrogen) atoms. The van der Waals surface area contributed by atoms with E-state index in [9.17, 15) is 9.59 Å². The number of aryl methyl sites for hydroxylation is 1. The molecule has 6 rings (SSSR count). The first-order chi connectivity index (χ1) is 18.5. The third kappa shape index (κ3) is 4.31. The van der Waals surface area contributed by atoms with Crippen LogP contribution in [-0.4, -0.2) is 48.0 Å². The molecule has 8 nitrogen and oxygen atoms in total. The van der Waals surface area contributed by atoms with Crippen molar-refractivity contribution < 1.29 is 28.6 Å². The topological polar surface area (TPSA) is 88.4 Å². The van der Waals surface area contributed by atoms with Crippen molar-refractivity contribution in [2.75, 3.05) is 19.8 Å².